The van der Waals surface area contributed by atoms with Crippen molar-refractivity contribution in [2.45, 2.75) is 0 Å². The summed E-state index contributed by atoms with van der Waals surface area (Å²) in [5.74, 6) is -1.77. The number of nitrogens with zero attached hydrogens (tertiary/aromatic N) is 3. The highest BCUT2D eigenvalue weighted by Crippen LogP contribution is 2.34. The molecule has 0 spiro atoms. The molecule has 10 nitrogen and oxygen atoms in total. The van der Waals surface area contributed by atoms with Gasteiger partial charge in [0.1, 0.15) is 10.7 Å². The first kappa shape index (κ1) is 26.4. The molecule has 1 aliphatic rings. The zero-order valence-electron chi connectivity index (χ0n) is 19.6. The van der Waals surface area contributed by atoms with Crippen molar-refractivity contribution < 1.29 is 19.6 Å². The average Bonchev–Trinajstić information content (AvgIpc) is 3.48. The Bertz CT molecular complexity index is 1620. The van der Waals surface area contributed by atoms with Crippen molar-refractivity contribution in [1.29, 1.82) is 0 Å². The van der Waals surface area contributed by atoms with E-state index in [1.807, 2.05) is 0 Å². The van der Waals surface area contributed by atoms with Gasteiger partial charge in [0.25, 0.3) is 17.7 Å². The number of halogens is 2. The molecular weight excluding hydrogens is 565 g/mol. The van der Waals surface area contributed by atoms with E-state index in [9.17, 15) is 19.6 Å². The summed E-state index contributed by atoms with van der Waals surface area (Å²) < 4.78 is 0. The van der Waals surface area contributed by atoms with Crippen LogP contribution in [-0.2, 0) is 9.59 Å². The first-order valence-electron chi connectivity index (χ1n) is 11.2. The maximum absolute atomic E-state index is 13.0. The fourth-order valence-electron chi connectivity index (χ4n) is 3.71. The Morgan fingerprint density at radius 3 is 2.33 bits per heavy atom. The van der Waals surface area contributed by atoms with E-state index in [-0.39, 0.29) is 32.4 Å². The molecule has 3 aromatic carbocycles. The van der Waals surface area contributed by atoms with Crippen LogP contribution in [0.5, 0.6) is 0 Å². The molecule has 0 radical (unpaired) electrons. The first-order chi connectivity index (χ1) is 18.7. The molecule has 0 saturated heterocycles. The fraction of sp³-hybridized carbons (Fsp3) is 0. The van der Waals surface area contributed by atoms with Gasteiger partial charge in [-0.2, -0.15) is 0 Å². The van der Waals surface area contributed by atoms with Gasteiger partial charge in [0, 0.05) is 22.2 Å². The lowest BCUT2D eigenvalue weighted by Gasteiger charge is -2.21. The van der Waals surface area contributed by atoms with Gasteiger partial charge in [0.05, 0.1) is 22.1 Å². The lowest BCUT2D eigenvalue weighted by molar-refractivity contribution is -0.120. The lowest BCUT2D eigenvalue weighted by Crippen LogP contribution is -2.32. The molecular formula is C26H16Cl2N5O5S-. The summed E-state index contributed by atoms with van der Waals surface area (Å²) in [5, 5.41) is 27.3. The number of amides is 3. The molecule has 196 valence electrons. The van der Waals surface area contributed by atoms with Crippen molar-refractivity contribution in [3.63, 3.8) is 0 Å². The highest BCUT2D eigenvalue weighted by molar-refractivity contribution is 7.14. The molecule has 0 unspecified atom stereocenters. The molecule has 0 atom stereocenters. The molecule has 1 aliphatic heterocycles. The van der Waals surface area contributed by atoms with Gasteiger partial charge < -0.3 is 15.8 Å². The third-order valence-corrected chi connectivity index (χ3v) is 7.07. The molecule has 4 aromatic rings. The predicted octanol–water partition coefficient (Wildman–Crippen LogP) is 5.84. The highest BCUT2D eigenvalue weighted by Gasteiger charge is 2.39. The number of carbonyl (C=O) groups excluding carboxylic acids is 3. The summed E-state index contributed by atoms with van der Waals surface area (Å²) in [4.78, 5) is 43.6. The van der Waals surface area contributed by atoms with Crippen LogP contribution >= 0.6 is 34.5 Å². The van der Waals surface area contributed by atoms with E-state index in [0.29, 0.717) is 27.6 Å². The van der Waals surface area contributed by atoms with Crippen LogP contribution in [0.15, 0.2) is 88.9 Å². The van der Waals surface area contributed by atoms with Crippen molar-refractivity contribution in [2.75, 3.05) is 20.8 Å². The molecule has 3 amide bonds. The number of para-hydroxylation sites is 1. The van der Waals surface area contributed by atoms with Gasteiger partial charge >= 0.3 is 0 Å². The van der Waals surface area contributed by atoms with Crippen LogP contribution in [0, 0.1) is 5.21 Å². The quantitative estimate of drug-likeness (QED) is 0.183. The largest absolute Gasteiger partial charge is 0.733 e. The molecule has 13 heteroatoms. The molecule has 3 N–H and O–H groups in total. The number of rotatable bonds is 7. The van der Waals surface area contributed by atoms with Crippen molar-refractivity contribution in [3.8, 4) is 11.3 Å². The van der Waals surface area contributed by atoms with E-state index in [2.05, 4.69) is 15.6 Å². The van der Waals surface area contributed by atoms with Crippen molar-refractivity contribution in [1.82, 2.24) is 4.98 Å². The maximum Gasteiger partial charge on any atom is 0.283 e. The molecule has 2 heterocycles. The second-order valence-electron chi connectivity index (χ2n) is 8.10. The SMILES string of the molecule is O=C(Nc1nc(-c2ccc(N([O-])O)cc2)cs1)c1ccc(NC2=C(Cl)C(=O)N(c3ccccc3Cl)C2=O)cc1. The number of benzene rings is 3. The van der Waals surface area contributed by atoms with E-state index >= 15 is 0 Å². The summed E-state index contributed by atoms with van der Waals surface area (Å²) in [6, 6.07) is 18.8. The second-order valence-corrected chi connectivity index (χ2v) is 9.74. The highest BCUT2D eigenvalue weighted by atomic mass is 35.5. The van der Waals surface area contributed by atoms with E-state index < -0.39 is 17.7 Å². The van der Waals surface area contributed by atoms with Gasteiger partial charge in [-0.3, -0.25) is 24.9 Å². The Labute approximate surface area is 235 Å². The van der Waals surface area contributed by atoms with Crippen LogP contribution in [0.3, 0.4) is 0 Å². The van der Waals surface area contributed by atoms with E-state index in [1.54, 1.807) is 47.8 Å². The molecule has 0 aliphatic carbocycles. The number of hydrogen-bond acceptors (Lipinski definition) is 9. The zero-order valence-corrected chi connectivity index (χ0v) is 21.9. The van der Waals surface area contributed by atoms with Gasteiger partial charge in [-0.1, -0.05) is 47.5 Å². The minimum Gasteiger partial charge on any atom is -0.733 e. The van der Waals surface area contributed by atoms with Crippen LogP contribution in [0.1, 0.15) is 10.4 Å². The van der Waals surface area contributed by atoms with Crippen molar-refractivity contribution in [2.24, 2.45) is 0 Å². The number of nitrogens with one attached hydrogen (secondary N) is 2. The third kappa shape index (κ3) is 5.35. The maximum atomic E-state index is 13.0. The molecule has 0 saturated carbocycles. The minimum absolute atomic E-state index is 0.0841. The van der Waals surface area contributed by atoms with Crippen LogP contribution in [-0.4, -0.2) is 27.9 Å². The smallest absolute Gasteiger partial charge is 0.283 e. The van der Waals surface area contributed by atoms with Crippen LogP contribution in [0.25, 0.3) is 11.3 Å². The number of aromatic nitrogens is 1. The Balaban J connectivity index is 1.25. The summed E-state index contributed by atoms with van der Waals surface area (Å²) in [6.45, 7) is 0. The van der Waals surface area contributed by atoms with E-state index in [0.717, 1.165) is 4.90 Å². The van der Waals surface area contributed by atoms with Gasteiger partial charge in [-0.05, 0) is 48.5 Å². The summed E-state index contributed by atoms with van der Waals surface area (Å²) in [5.41, 5.74) is 2.24. The summed E-state index contributed by atoms with van der Waals surface area (Å²) in [6.07, 6.45) is 0. The van der Waals surface area contributed by atoms with E-state index in [1.165, 1.54) is 41.7 Å². The van der Waals surface area contributed by atoms with Gasteiger partial charge in [0.15, 0.2) is 5.13 Å². The molecule has 39 heavy (non-hydrogen) atoms. The number of hydrogen-bond donors (Lipinski definition) is 3. The number of carbonyl (C=O) groups is 3. The first-order valence-corrected chi connectivity index (χ1v) is 12.8. The third-order valence-electron chi connectivity index (χ3n) is 5.65. The van der Waals surface area contributed by atoms with Crippen LogP contribution in [0.2, 0.25) is 5.02 Å². The fourth-order valence-corrected chi connectivity index (χ4v) is 4.85. The Morgan fingerprint density at radius 1 is 0.974 bits per heavy atom. The topological polar surface area (TPSA) is 138 Å². The minimum atomic E-state index is -0.701. The lowest BCUT2D eigenvalue weighted by atomic mass is 10.1. The Kier molecular flexibility index (Phi) is 7.33. The predicted molar refractivity (Wildman–Crippen MR) is 150 cm³/mol. The monoisotopic (exact) mass is 580 g/mol. The van der Waals surface area contributed by atoms with Gasteiger partial charge in [-0.25, -0.2) is 9.88 Å². The zero-order chi connectivity index (χ0) is 27.7. The summed E-state index contributed by atoms with van der Waals surface area (Å²) >= 11 is 13.6. The number of thiazole rings is 1. The van der Waals surface area contributed by atoms with Gasteiger partial charge in [-0.15, -0.1) is 11.3 Å². The van der Waals surface area contributed by atoms with Crippen molar-refractivity contribution >= 4 is 74.5 Å². The van der Waals surface area contributed by atoms with Gasteiger partial charge in [0.2, 0.25) is 0 Å². The molecule has 5 rings (SSSR count). The molecule has 0 fully saturated rings. The Hall–Kier alpha value is -4.26. The van der Waals surface area contributed by atoms with Crippen LogP contribution in [0.4, 0.5) is 22.2 Å². The van der Waals surface area contributed by atoms with E-state index in [4.69, 9.17) is 28.4 Å². The normalized spacial score (nSPS) is 13.2. The molecule has 1 aromatic heterocycles. The summed E-state index contributed by atoms with van der Waals surface area (Å²) in [7, 11) is 0. The number of anilines is 4. The van der Waals surface area contributed by atoms with Crippen molar-refractivity contribution in [3.05, 3.63) is 105 Å². The average molecular weight is 581 g/mol. The number of imide groups is 1. The molecule has 0 bridgehead atoms. The van der Waals surface area contributed by atoms with Crippen LogP contribution < -0.4 is 20.8 Å². The standard InChI is InChI=1S/C26H16Cl2N5O5S/c27-18-3-1-2-4-20(18)32-24(35)21(28)22(25(32)36)29-16-9-5-15(6-10-16)23(34)31-26-30-19(13-39-26)14-7-11-17(12-8-14)33(37)38/h1-13,29,37H,(H,30,31,34)/q-1. The second kappa shape index (κ2) is 10.8. The Morgan fingerprint density at radius 2 is 1.67 bits per heavy atom.